The van der Waals surface area contributed by atoms with Crippen LogP contribution in [-0.2, 0) is 29.5 Å². The predicted octanol–water partition coefficient (Wildman–Crippen LogP) is 0.985. The summed E-state index contributed by atoms with van der Waals surface area (Å²) in [5.41, 5.74) is 1.60. The minimum Gasteiger partial charge on any atom is -0.392 e. The number of aliphatic hydroxyl groups is 1. The lowest BCUT2D eigenvalue weighted by molar-refractivity contribution is 0.280. The molecular formula is C14H19N3O3S. The van der Waals surface area contributed by atoms with Crippen molar-refractivity contribution in [2.24, 2.45) is 0 Å². The van der Waals surface area contributed by atoms with E-state index >= 15 is 0 Å². The number of H-pyrrole nitrogens is 1. The molecule has 114 valence electrons. The SMILES string of the molecule is CCc1ccc(S(=O)(=O)NCCc2ncc[nH]2)cc1CO. The van der Waals surface area contributed by atoms with Gasteiger partial charge < -0.3 is 10.1 Å². The van der Waals surface area contributed by atoms with Crippen LogP contribution in [0.5, 0.6) is 0 Å². The summed E-state index contributed by atoms with van der Waals surface area (Å²) < 4.78 is 26.9. The standard InChI is InChI=1S/C14H19N3O3S/c1-2-11-3-4-13(9-12(11)10-18)21(19,20)17-6-5-14-15-7-8-16-14/h3-4,7-9,17-18H,2,5-6,10H2,1H3,(H,15,16). The van der Waals surface area contributed by atoms with Gasteiger partial charge in [-0.15, -0.1) is 0 Å². The van der Waals surface area contributed by atoms with Crippen molar-refractivity contribution in [2.45, 2.75) is 31.3 Å². The number of sulfonamides is 1. The average molecular weight is 309 g/mol. The van der Waals surface area contributed by atoms with Crippen LogP contribution in [0.15, 0.2) is 35.5 Å². The maximum absolute atomic E-state index is 12.2. The van der Waals surface area contributed by atoms with Gasteiger partial charge in [0.25, 0.3) is 0 Å². The van der Waals surface area contributed by atoms with Gasteiger partial charge >= 0.3 is 0 Å². The summed E-state index contributed by atoms with van der Waals surface area (Å²) >= 11 is 0. The summed E-state index contributed by atoms with van der Waals surface area (Å²) in [6.07, 6.45) is 4.57. The van der Waals surface area contributed by atoms with Crippen molar-refractivity contribution < 1.29 is 13.5 Å². The van der Waals surface area contributed by atoms with Gasteiger partial charge in [0.15, 0.2) is 0 Å². The highest BCUT2D eigenvalue weighted by atomic mass is 32.2. The quantitative estimate of drug-likeness (QED) is 0.710. The molecule has 0 saturated carbocycles. The number of aromatic amines is 1. The fourth-order valence-electron chi connectivity index (χ4n) is 2.08. The third kappa shape index (κ3) is 3.90. The minimum atomic E-state index is -3.57. The molecule has 0 radical (unpaired) electrons. The van der Waals surface area contributed by atoms with Gasteiger partial charge in [-0.1, -0.05) is 13.0 Å². The molecule has 0 bridgehead atoms. The molecule has 1 heterocycles. The second-order valence-electron chi connectivity index (χ2n) is 4.63. The van der Waals surface area contributed by atoms with Gasteiger partial charge in [0.2, 0.25) is 10.0 Å². The number of aryl methyl sites for hydroxylation is 1. The fourth-order valence-corrected chi connectivity index (χ4v) is 3.17. The normalized spacial score (nSPS) is 11.7. The number of hydrogen-bond acceptors (Lipinski definition) is 4. The molecule has 21 heavy (non-hydrogen) atoms. The van der Waals surface area contributed by atoms with Crippen molar-refractivity contribution in [3.8, 4) is 0 Å². The molecule has 0 aliphatic rings. The van der Waals surface area contributed by atoms with E-state index in [0.29, 0.717) is 12.0 Å². The maximum atomic E-state index is 12.2. The van der Waals surface area contributed by atoms with E-state index in [0.717, 1.165) is 17.8 Å². The summed E-state index contributed by atoms with van der Waals surface area (Å²) in [5, 5.41) is 9.31. The number of nitrogens with one attached hydrogen (secondary N) is 2. The van der Waals surface area contributed by atoms with Crippen molar-refractivity contribution in [3.05, 3.63) is 47.5 Å². The van der Waals surface area contributed by atoms with E-state index in [2.05, 4.69) is 14.7 Å². The van der Waals surface area contributed by atoms with E-state index in [1.807, 2.05) is 6.92 Å². The van der Waals surface area contributed by atoms with Crippen LogP contribution >= 0.6 is 0 Å². The Bertz CT molecular complexity index is 681. The smallest absolute Gasteiger partial charge is 0.240 e. The van der Waals surface area contributed by atoms with Crippen LogP contribution in [0.1, 0.15) is 23.9 Å². The van der Waals surface area contributed by atoms with Gasteiger partial charge in [-0.25, -0.2) is 18.1 Å². The third-order valence-corrected chi connectivity index (χ3v) is 4.71. The summed E-state index contributed by atoms with van der Waals surface area (Å²) in [6.45, 7) is 2.06. The molecule has 2 rings (SSSR count). The molecule has 0 aliphatic carbocycles. The minimum absolute atomic E-state index is 0.168. The Labute approximate surface area is 124 Å². The molecule has 7 heteroatoms. The van der Waals surface area contributed by atoms with Gasteiger partial charge in [-0.05, 0) is 29.7 Å². The molecule has 0 fully saturated rings. The first-order valence-electron chi connectivity index (χ1n) is 6.77. The highest BCUT2D eigenvalue weighted by Crippen LogP contribution is 2.16. The zero-order valence-electron chi connectivity index (χ0n) is 11.8. The molecule has 0 aliphatic heterocycles. The number of hydrogen-bond donors (Lipinski definition) is 3. The Hall–Kier alpha value is -1.70. The molecule has 1 aromatic heterocycles. The van der Waals surface area contributed by atoms with Crippen molar-refractivity contribution in [3.63, 3.8) is 0 Å². The molecule has 0 atom stereocenters. The van der Waals surface area contributed by atoms with Crippen LogP contribution in [-0.4, -0.2) is 30.0 Å². The zero-order chi connectivity index (χ0) is 15.3. The van der Waals surface area contributed by atoms with Crippen molar-refractivity contribution in [1.82, 2.24) is 14.7 Å². The average Bonchev–Trinajstić information content (AvgIpc) is 2.99. The van der Waals surface area contributed by atoms with Crippen molar-refractivity contribution >= 4 is 10.0 Å². The van der Waals surface area contributed by atoms with Crippen LogP contribution in [0.4, 0.5) is 0 Å². The van der Waals surface area contributed by atoms with Gasteiger partial charge in [-0.3, -0.25) is 0 Å². The number of rotatable bonds is 7. The molecule has 3 N–H and O–H groups in total. The molecule has 2 aromatic rings. The first kappa shape index (κ1) is 15.7. The summed E-state index contributed by atoms with van der Waals surface area (Å²) in [5.74, 6) is 0.732. The Morgan fingerprint density at radius 1 is 1.33 bits per heavy atom. The second-order valence-corrected chi connectivity index (χ2v) is 6.39. The lowest BCUT2D eigenvalue weighted by Crippen LogP contribution is -2.26. The third-order valence-electron chi connectivity index (χ3n) is 3.25. The molecule has 0 amide bonds. The van der Waals surface area contributed by atoms with E-state index in [-0.39, 0.29) is 18.0 Å². The molecule has 0 spiro atoms. The van der Waals surface area contributed by atoms with Crippen molar-refractivity contribution in [2.75, 3.05) is 6.54 Å². The molecule has 1 aromatic carbocycles. The molecular weight excluding hydrogens is 290 g/mol. The van der Waals surface area contributed by atoms with Crippen LogP contribution in [0, 0.1) is 0 Å². The Balaban J connectivity index is 2.08. The molecule has 0 saturated heterocycles. The Morgan fingerprint density at radius 3 is 2.76 bits per heavy atom. The maximum Gasteiger partial charge on any atom is 0.240 e. The van der Waals surface area contributed by atoms with E-state index in [9.17, 15) is 13.5 Å². The van der Waals surface area contributed by atoms with Crippen LogP contribution in [0.25, 0.3) is 0 Å². The Morgan fingerprint density at radius 2 is 2.14 bits per heavy atom. The van der Waals surface area contributed by atoms with Crippen molar-refractivity contribution in [1.29, 1.82) is 0 Å². The lowest BCUT2D eigenvalue weighted by atomic mass is 10.1. The van der Waals surface area contributed by atoms with Crippen LogP contribution in [0.2, 0.25) is 0 Å². The van der Waals surface area contributed by atoms with E-state index in [1.165, 1.54) is 6.07 Å². The lowest BCUT2D eigenvalue weighted by Gasteiger charge is -2.10. The van der Waals surface area contributed by atoms with E-state index in [4.69, 9.17) is 0 Å². The largest absolute Gasteiger partial charge is 0.392 e. The summed E-state index contributed by atoms with van der Waals surface area (Å²) in [6, 6.07) is 4.83. The van der Waals surface area contributed by atoms with E-state index < -0.39 is 10.0 Å². The number of nitrogens with zero attached hydrogens (tertiary/aromatic N) is 1. The number of benzene rings is 1. The monoisotopic (exact) mass is 309 g/mol. The van der Waals surface area contributed by atoms with Gasteiger partial charge in [-0.2, -0.15) is 0 Å². The van der Waals surface area contributed by atoms with Gasteiger partial charge in [0.1, 0.15) is 5.82 Å². The number of aromatic nitrogens is 2. The first-order valence-corrected chi connectivity index (χ1v) is 8.25. The van der Waals surface area contributed by atoms with Crippen LogP contribution in [0.3, 0.4) is 0 Å². The summed E-state index contributed by atoms with van der Waals surface area (Å²) in [4.78, 5) is 7.12. The predicted molar refractivity (Wildman–Crippen MR) is 79.2 cm³/mol. The topological polar surface area (TPSA) is 95.1 Å². The fraction of sp³-hybridized carbons (Fsp3) is 0.357. The Kier molecular flexibility index (Phi) is 5.11. The highest BCUT2D eigenvalue weighted by Gasteiger charge is 2.15. The van der Waals surface area contributed by atoms with Gasteiger partial charge in [0, 0.05) is 25.4 Å². The molecule has 6 nitrogen and oxygen atoms in total. The highest BCUT2D eigenvalue weighted by molar-refractivity contribution is 7.89. The summed E-state index contributed by atoms with van der Waals surface area (Å²) in [7, 11) is -3.57. The zero-order valence-corrected chi connectivity index (χ0v) is 12.7. The van der Waals surface area contributed by atoms with Crippen LogP contribution < -0.4 is 4.72 Å². The van der Waals surface area contributed by atoms with Gasteiger partial charge in [0.05, 0.1) is 11.5 Å². The number of aliphatic hydroxyl groups excluding tert-OH is 1. The molecule has 0 unspecified atom stereocenters. The number of imidazole rings is 1. The second kappa shape index (κ2) is 6.84. The first-order chi connectivity index (χ1) is 10.1. The van der Waals surface area contributed by atoms with E-state index in [1.54, 1.807) is 24.5 Å².